The highest BCUT2D eigenvalue weighted by molar-refractivity contribution is 5.79. The van der Waals surface area contributed by atoms with Gasteiger partial charge in [-0.2, -0.15) is 0 Å². The zero-order valence-corrected chi connectivity index (χ0v) is 16.6. The number of halogens is 1. The molecule has 1 saturated carbocycles. The molecule has 9 heteroatoms. The number of amides is 1. The average Bonchev–Trinajstić information content (AvgIpc) is 3.12. The summed E-state index contributed by atoms with van der Waals surface area (Å²) >= 11 is 0. The topological polar surface area (TPSA) is 96.8 Å². The second kappa shape index (κ2) is 7.62. The number of hydrogen-bond donors (Lipinski definition) is 1. The lowest BCUT2D eigenvalue weighted by Gasteiger charge is -2.36. The molecule has 1 aromatic carbocycles. The Labute approximate surface area is 172 Å². The van der Waals surface area contributed by atoms with Crippen LogP contribution >= 0.6 is 0 Å². The maximum Gasteiger partial charge on any atom is 0.281 e. The highest BCUT2D eigenvalue weighted by atomic mass is 19.1. The number of rotatable bonds is 4. The first-order valence-electron chi connectivity index (χ1n) is 10.4. The molecule has 5 rings (SSSR count). The molecule has 0 unspecified atom stereocenters. The van der Waals surface area contributed by atoms with Gasteiger partial charge >= 0.3 is 0 Å². The SMILES string of the molecule is O=C(C1CCC1)N1CCC[C@H](c2nc3c(nnn3Cc3ccc(F)cc3)c(=O)[nH]2)C1. The number of nitrogens with one attached hydrogen (secondary N) is 1. The number of H-pyrrole nitrogens is 1. The molecule has 1 aliphatic carbocycles. The number of carbonyl (C=O) groups excluding carboxylic acids is 1. The first-order chi connectivity index (χ1) is 14.6. The van der Waals surface area contributed by atoms with Gasteiger partial charge in [0.25, 0.3) is 5.56 Å². The monoisotopic (exact) mass is 410 g/mol. The van der Waals surface area contributed by atoms with Gasteiger partial charge in [0.15, 0.2) is 11.2 Å². The van der Waals surface area contributed by atoms with Crippen molar-refractivity contribution < 1.29 is 9.18 Å². The third-order valence-corrected chi connectivity index (χ3v) is 6.21. The number of likely N-dealkylation sites (tertiary alicyclic amines) is 1. The van der Waals surface area contributed by atoms with Crippen molar-refractivity contribution in [3.8, 4) is 0 Å². The Bertz CT molecular complexity index is 1130. The maximum atomic E-state index is 13.2. The van der Waals surface area contributed by atoms with E-state index in [1.807, 2.05) is 4.90 Å². The lowest BCUT2D eigenvalue weighted by Crippen LogP contribution is -2.44. The van der Waals surface area contributed by atoms with Crippen molar-refractivity contribution in [2.45, 2.75) is 44.6 Å². The number of hydrogen-bond acceptors (Lipinski definition) is 5. The predicted octanol–water partition coefficient (Wildman–Crippen LogP) is 2.21. The zero-order chi connectivity index (χ0) is 20.7. The number of fused-ring (bicyclic) bond motifs is 1. The summed E-state index contributed by atoms with van der Waals surface area (Å²) in [6.07, 6.45) is 4.84. The lowest BCUT2D eigenvalue weighted by molar-refractivity contribution is -0.139. The van der Waals surface area contributed by atoms with E-state index in [0.29, 0.717) is 24.6 Å². The smallest absolute Gasteiger partial charge is 0.281 e. The molecule has 0 spiro atoms. The summed E-state index contributed by atoms with van der Waals surface area (Å²) in [5.74, 6) is 0.643. The number of nitrogens with zero attached hydrogens (tertiary/aromatic N) is 5. The molecule has 1 N–H and O–H groups in total. The van der Waals surface area contributed by atoms with Crippen LogP contribution in [0.4, 0.5) is 4.39 Å². The number of aromatic nitrogens is 5. The second-order valence-corrected chi connectivity index (χ2v) is 8.25. The lowest BCUT2D eigenvalue weighted by atomic mass is 9.83. The Balaban J connectivity index is 1.42. The Morgan fingerprint density at radius 3 is 2.70 bits per heavy atom. The summed E-state index contributed by atoms with van der Waals surface area (Å²) in [6.45, 7) is 1.68. The van der Waals surface area contributed by atoms with E-state index in [1.165, 1.54) is 12.1 Å². The number of piperidine rings is 1. The number of aromatic amines is 1. The van der Waals surface area contributed by atoms with Crippen molar-refractivity contribution in [2.24, 2.45) is 5.92 Å². The van der Waals surface area contributed by atoms with Crippen LogP contribution in [-0.2, 0) is 11.3 Å². The molecular formula is C21H23FN6O2. The van der Waals surface area contributed by atoms with Crippen LogP contribution in [0.5, 0.6) is 0 Å². The summed E-state index contributed by atoms with van der Waals surface area (Å²) in [4.78, 5) is 34.7. The van der Waals surface area contributed by atoms with Crippen LogP contribution in [0, 0.1) is 11.7 Å². The van der Waals surface area contributed by atoms with Gasteiger partial charge in [-0.05, 0) is 43.4 Å². The third-order valence-electron chi connectivity index (χ3n) is 6.21. The molecule has 1 amide bonds. The summed E-state index contributed by atoms with van der Waals surface area (Å²) in [5, 5.41) is 8.04. The van der Waals surface area contributed by atoms with Crippen LogP contribution < -0.4 is 5.56 Å². The van der Waals surface area contributed by atoms with Crippen LogP contribution in [-0.4, -0.2) is 48.9 Å². The predicted molar refractivity (Wildman–Crippen MR) is 107 cm³/mol. The van der Waals surface area contributed by atoms with E-state index in [9.17, 15) is 14.0 Å². The van der Waals surface area contributed by atoms with Crippen molar-refractivity contribution >= 4 is 17.1 Å². The molecule has 1 atom stereocenters. The molecule has 3 heterocycles. The normalized spacial score (nSPS) is 19.8. The van der Waals surface area contributed by atoms with Gasteiger partial charge in [-0.25, -0.2) is 14.1 Å². The van der Waals surface area contributed by atoms with Crippen LogP contribution in [0.15, 0.2) is 29.1 Å². The van der Waals surface area contributed by atoms with Crippen LogP contribution in [0.25, 0.3) is 11.2 Å². The molecular weight excluding hydrogens is 387 g/mol. The number of carbonyl (C=O) groups is 1. The highest BCUT2D eigenvalue weighted by Gasteiger charge is 2.33. The van der Waals surface area contributed by atoms with Crippen molar-refractivity contribution in [3.63, 3.8) is 0 Å². The summed E-state index contributed by atoms with van der Waals surface area (Å²) in [5.41, 5.74) is 1.09. The average molecular weight is 410 g/mol. The Morgan fingerprint density at radius 2 is 1.97 bits per heavy atom. The van der Waals surface area contributed by atoms with E-state index in [2.05, 4.69) is 20.3 Å². The first-order valence-corrected chi connectivity index (χ1v) is 10.4. The maximum absolute atomic E-state index is 13.2. The number of benzene rings is 1. The minimum Gasteiger partial charge on any atom is -0.342 e. The highest BCUT2D eigenvalue weighted by Crippen LogP contribution is 2.31. The van der Waals surface area contributed by atoms with Gasteiger partial charge in [0.2, 0.25) is 5.91 Å². The molecule has 30 heavy (non-hydrogen) atoms. The van der Waals surface area contributed by atoms with E-state index >= 15 is 0 Å². The van der Waals surface area contributed by atoms with E-state index < -0.39 is 0 Å². The zero-order valence-electron chi connectivity index (χ0n) is 16.6. The van der Waals surface area contributed by atoms with Gasteiger partial charge in [0.05, 0.1) is 6.54 Å². The molecule has 1 aliphatic heterocycles. The van der Waals surface area contributed by atoms with Crippen molar-refractivity contribution in [2.75, 3.05) is 13.1 Å². The van der Waals surface area contributed by atoms with Crippen molar-refractivity contribution in [3.05, 3.63) is 51.8 Å². The van der Waals surface area contributed by atoms with Gasteiger partial charge in [0, 0.05) is 24.9 Å². The Hall–Kier alpha value is -3.10. The Kier molecular flexibility index (Phi) is 4.80. The molecule has 8 nitrogen and oxygen atoms in total. The van der Waals surface area contributed by atoms with E-state index in [1.54, 1.807) is 16.8 Å². The molecule has 2 aromatic heterocycles. The molecule has 2 aliphatic rings. The van der Waals surface area contributed by atoms with Gasteiger partial charge in [0.1, 0.15) is 11.6 Å². The van der Waals surface area contributed by atoms with Gasteiger partial charge in [-0.3, -0.25) is 9.59 Å². The molecule has 0 bridgehead atoms. The van der Waals surface area contributed by atoms with E-state index in [-0.39, 0.29) is 34.6 Å². The van der Waals surface area contributed by atoms with Crippen molar-refractivity contribution in [1.29, 1.82) is 0 Å². The van der Waals surface area contributed by atoms with Crippen LogP contribution in [0.2, 0.25) is 0 Å². The molecule has 156 valence electrons. The third kappa shape index (κ3) is 3.48. The van der Waals surface area contributed by atoms with Crippen LogP contribution in [0.1, 0.15) is 49.4 Å². The molecule has 3 aromatic rings. The fourth-order valence-electron chi connectivity index (χ4n) is 4.26. The van der Waals surface area contributed by atoms with E-state index in [0.717, 1.165) is 44.2 Å². The standard InChI is InChI=1S/C21H23FN6O2/c22-16-8-6-13(7-9-16)11-28-19-17(25-26-28)20(29)24-18(23-19)15-5-2-10-27(12-15)21(30)14-3-1-4-14/h6-9,14-15H,1-5,10-12H2,(H,23,24,29)/t15-/m0/s1. The molecule has 2 fully saturated rings. The minimum atomic E-state index is -0.331. The van der Waals surface area contributed by atoms with E-state index in [4.69, 9.17) is 0 Å². The molecule has 1 saturated heterocycles. The fraction of sp³-hybridized carbons (Fsp3) is 0.476. The van der Waals surface area contributed by atoms with Crippen LogP contribution in [0.3, 0.4) is 0 Å². The second-order valence-electron chi connectivity index (χ2n) is 8.25. The van der Waals surface area contributed by atoms with Gasteiger partial charge < -0.3 is 9.88 Å². The summed E-state index contributed by atoms with van der Waals surface area (Å²) in [6, 6.07) is 6.11. The quantitative estimate of drug-likeness (QED) is 0.711. The Morgan fingerprint density at radius 1 is 1.17 bits per heavy atom. The minimum absolute atomic E-state index is 0.0194. The largest absolute Gasteiger partial charge is 0.342 e. The summed E-state index contributed by atoms with van der Waals surface area (Å²) < 4.78 is 14.7. The van der Waals surface area contributed by atoms with Gasteiger partial charge in [-0.15, -0.1) is 5.10 Å². The summed E-state index contributed by atoms with van der Waals surface area (Å²) in [7, 11) is 0. The van der Waals surface area contributed by atoms with Gasteiger partial charge in [-0.1, -0.05) is 23.8 Å². The fourth-order valence-corrected chi connectivity index (χ4v) is 4.26. The first kappa shape index (κ1) is 18.9. The molecule has 0 radical (unpaired) electrons. The van der Waals surface area contributed by atoms with Crippen molar-refractivity contribution in [1.82, 2.24) is 29.9 Å².